The molecule has 2 aromatic carbocycles. The van der Waals surface area contributed by atoms with E-state index in [0.29, 0.717) is 5.92 Å². The van der Waals surface area contributed by atoms with Crippen LogP contribution in [0.3, 0.4) is 0 Å². The summed E-state index contributed by atoms with van der Waals surface area (Å²) < 4.78 is 2.14. The van der Waals surface area contributed by atoms with Gasteiger partial charge < -0.3 is 0 Å². The van der Waals surface area contributed by atoms with Gasteiger partial charge in [-0.3, -0.25) is 9.55 Å². The Morgan fingerprint density at radius 3 is 2.43 bits per heavy atom. The second-order valence-corrected chi connectivity index (χ2v) is 7.84. The summed E-state index contributed by atoms with van der Waals surface area (Å²) in [6, 6.07) is 22.9. The SMILES string of the molecule is CC(C)c1cccc(-c2nnc(SCc3ccncc3)n2-c2ccccc2)c1. The maximum absolute atomic E-state index is 4.56. The lowest BCUT2D eigenvalue weighted by Gasteiger charge is -2.12. The largest absolute Gasteiger partial charge is 0.270 e. The normalized spacial score (nSPS) is 11.1. The molecule has 0 saturated heterocycles. The molecule has 0 spiro atoms. The summed E-state index contributed by atoms with van der Waals surface area (Å²) in [4.78, 5) is 4.09. The summed E-state index contributed by atoms with van der Waals surface area (Å²) in [5.74, 6) is 2.15. The Morgan fingerprint density at radius 1 is 0.893 bits per heavy atom. The number of hydrogen-bond donors (Lipinski definition) is 0. The summed E-state index contributed by atoms with van der Waals surface area (Å²) in [6.07, 6.45) is 3.64. The average molecular weight is 387 g/mol. The molecule has 4 nitrogen and oxygen atoms in total. The van der Waals surface area contributed by atoms with Gasteiger partial charge in [-0.25, -0.2) is 0 Å². The van der Waals surface area contributed by atoms with Crippen molar-refractivity contribution in [2.45, 2.75) is 30.7 Å². The molecule has 2 heterocycles. The number of aromatic nitrogens is 4. The average Bonchev–Trinajstić information content (AvgIpc) is 3.18. The molecule has 2 aromatic heterocycles. The van der Waals surface area contributed by atoms with Gasteiger partial charge in [-0.05, 0) is 47.4 Å². The van der Waals surface area contributed by atoms with Gasteiger partial charge >= 0.3 is 0 Å². The Hall–Kier alpha value is -2.92. The van der Waals surface area contributed by atoms with Crippen LogP contribution in [0.4, 0.5) is 0 Å². The number of pyridine rings is 1. The van der Waals surface area contributed by atoms with Crippen LogP contribution in [0, 0.1) is 0 Å². The van der Waals surface area contributed by atoms with E-state index < -0.39 is 0 Å². The van der Waals surface area contributed by atoms with Crippen LogP contribution >= 0.6 is 11.8 Å². The lowest BCUT2D eigenvalue weighted by atomic mass is 10.0. The van der Waals surface area contributed by atoms with Crippen LogP contribution in [-0.2, 0) is 5.75 Å². The minimum absolute atomic E-state index is 0.466. The molecule has 0 atom stereocenters. The third-order valence-corrected chi connectivity index (χ3v) is 5.58. The standard InChI is InChI=1S/C23H22N4S/c1-17(2)19-7-6-8-20(15-19)22-25-26-23(27(22)21-9-4-3-5-10-21)28-16-18-11-13-24-14-12-18/h3-15,17H,16H2,1-2H3. The van der Waals surface area contributed by atoms with Crippen molar-refractivity contribution in [1.29, 1.82) is 0 Å². The van der Waals surface area contributed by atoms with Crippen molar-refractivity contribution >= 4 is 11.8 Å². The summed E-state index contributed by atoms with van der Waals surface area (Å²) in [5.41, 5.74) is 4.66. The van der Waals surface area contributed by atoms with E-state index >= 15 is 0 Å². The van der Waals surface area contributed by atoms with Gasteiger partial charge in [0.1, 0.15) is 0 Å². The lowest BCUT2D eigenvalue weighted by molar-refractivity contribution is 0.865. The Bertz CT molecular complexity index is 1040. The van der Waals surface area contributed by atoms with E-state index in [-0.39, 0.29) is 0 Å². The second-order valence-electron chi connectivity index (χ2n) is 6.90. The topological polar surface area (TPSA) is 43.6 Å². The number of nitrogens with zero attached hydrogens (tertiary/aromatic N) is 4. The molecule has 0 amide bonds. The third kappa shape index (κ3) is 3.99. The van der Waals surface area contributed by atoms with E-state index in [1.54, 1.807) is 11.8 Å². The van der Waals surface area contributed by atoms with Crippen molar-refractivity contribution in [3.8, 4) is 17.1 Å². The van der Waals surface area contributed by atoms with Gasteiger partial charge in [0.05, 0.1) is 0 Å². The molecule has 0 bridgehead atoms. The molecule has 0 saturated carbocycles. The smallest absolute Gasteiger partial charge is 0.196 e. The Labute approximate surface area is 169 Å². The van der Waals surface area contributed by atoms with E-state index in [9.17, 15) is 0 Å². The maximum Gasteiger partial charge on any atom is 0.196 e. The highest BCUT2D eigenvalue weighted by Crippen LogP contribution is 2.30. The maximum atomic E-state index is 4.56. The number of hydrogen-bond acceptors (Lipinski definition) is 4. The van der Waals surface area contributed by atoms with Crippen LogP contribution in [0.25, 0.3) is 17.1 Å². The van der Waals surface area contributed by atoms with E-state index in [4.69, 9.17) is 0 Å². The predicted octanol–water partition coefficient (Wildman–Crippen LogP) is 5.75. The van der Waals surface area contributed by atoms with Crippen molar-refractivity contribution in [3.05, 3.63) is 90.3 Å². The molecule has 5 heteroatoms. The van der Waals surface area contributed by atoms with Crippen LogP contribution in [0.15, 0.2) is 84.3 Å². The van der Waals surface area contributed by atoms with Gasteiger partial charge in [-0.2, -0.15) is 0 Å². The molecule has 0 N–H and O–H groups in total. The summed E-state index contributed by atoms with van der Waals surface area (Å²) >= 11 is 1.68. The fourth-order valence-electron chi connectivity index (χ4n) is 3.02. The monoisotopic (exact) mass is 386 g/mol. The minimum atomic E-state index is 0.466. The molecule has 4 aromatic rings. The first-order valence-electron chi connectivity index (χ1n) is 9.35. The van der Waals surface area contributed by atoms with E-state index in [2.05, 4.69) is 70.0 Å². The van der Waals surface area contributed by atoms with Crippen molar-refractivity contribution in [3.63, 3.8) is 0 Å². The minimum Gasteiger partial charge on any atom is -0.270 e. The van der Waals surface area contributed by atoms with Crippen LogP contribution in [0.5, 0.6) is 0 Å². The van der Waals surface area contributed by atoms with E-state index in [1.807, 2.05) is 42.7 Å². The summed E-state index contributed by atoms with van der Waals surface area (Å²) in [5, 5.41) is 9.96. The molecule has 0 radical (unpaired) electrons. The first-order valence-corrected chi connectivity index (χ1v) is 10.3. The number of para-hydroxylation sites is 1. The zero-order valence-corrected chi connectivity index (χ0v) is 16.8. The molecule has 0 aliphatic carbocycles. The zero-order valence-electron chi connectivity index (χ0n) is 16.0. The zero-order chi connectivity index (χ0) is 19.3. The molecule has 0 aliphatic heterocycles. The van der Waals surface area contributed by atoms with Crippen molar-refractivity contribution in [2.75, 3.05) is 0 Å². The molecule has 0 unspecified atom stereocenters. The lowest BCUT2D eigenvalue weighted by Crippen LogP contribution is -2.00. The first kappa shape index (κ1) is 18.4. The van der Waals surface area contributed by atoms with Crippen LogP contribution in [-0.4, -0.2) is 19.7 Å². The summed E-state index contributed by atoms with van der Waals surface area (Å²) in [6.45, 7) is 4.41. The van der Waals surface area contributed by atoms with Crippen molar-refractivity contribution in [1.82, 2.24) is 19.7 Å². The third-order valence-electron chi connectivity index (χ3n) is 4.58. The van der Waals surface area contributed by atoms with Crippen LogP contribution in [0.1, 0.15) is 30.9 Å². The Morgan fingerprint density at radius 2 is 1.68 bits per heavy atom. The highest BCUT2D eigenvalue weighted by Gasteiger charge is 2.16. The fourth-order valence-corrected chi connectivity index (χ4v) is 3.93. The van der Waals surface area contributed by atoms with Gasteiger partial charge in [0, 0.05) is 29.4 Å². The molecule has 28 heavy (non-hydrogen) atoms. The van der Waals surface area contributed by atoms with E-state index in [1.165, 1.54) is 11.1 Å². The van der Waals surface area contributed by atoms with Gasteiger partial charge in [-0.1, -0.05) is 62.0 Å². The van der Waals surface area contributed by atoms with Crippen molar-refractivity contribution in [2.24, 2.45) is 0 Å². The van der Waals surface area contributed by atoms with Crippen molar-refractivity contribution < 1.29 is 0 Å². The molecule has 140 valence electrons. The van der Waals surface area contributed by atoms with Gasteiger partial charge in [0.2, 0.25) is 0 Å². The number of rotatable bonds is 6. The molecule has 0 aliphatic rings. The van der Waals surface area contributed by atoms with E-state index in [0.717, 1.165) is 28.0 Å². The molecular weight excluding hydrogens is 364 g/mol. The Balaban J connectivity index is 1.75. The second kappa shape index (κ2) is 8.40. The predicted molar refractivity (Wildman–Crippen MR) is 115 cm³/mol. The first-order chi connectivity index (χ1) is 13.7. The van der Waals surface area contributed by atoms with Crippen LogP contribution < -0.4 is 0 Å². The molecule has 0 fully saturated rings. The van der Waals surface area contributed by atoms with Crippen LogP contribution in [0.2, 0.25) is 0 Å². The molecule has 4 rings (SSSR count). The molecular formula is C23H22N4S. The quantitative estimate of drug-likeness (QED) is 0.396. The van der Waals surface area contributed by atoms with Gasteiger partial charge in [0.15, 0.2) is 11.0 Å². The Kier molecular flexibility index (Phi) is 5.53. The highest BCUT2D eigenvalue weighted by molar-refractivity contribution is 7.98. The van der Waals surface area contributed by atoms with Gasteiger partial charge in [-0.15, -0.1) is 10.2 Å². The van der Waals surface area contributed by atoms with Gasteiger partial charge in [0.25, 0.3) is 0 Å². The number of benzene rings is 2. The fraction of sp³-hybridized carbons (Fsp3) is 0.174. The number of thioether (sulfide) groups is 1. The highest BCUT2D eigenvalue weighted by atomic mass is 32.2. The summed E-state index contributed by atoms with van der Waals surface area (Å²) in [7, 11) is 0.